The second-order valence-electron chi connectivity index (χ2n) is 8.61. The summed E-state index contributed by atoms with van der Waals surface area (Å²) < 4.78 is 10.3. The average Bonchev–Trinajstić information content (AvgIpc) is 3.05. The van der Waals surface area contributed by atoms with Gasteiger partial charge in [0.05, 0.1) is 36.7 Å². The maximum absolute atomic E-state index is 6.38. The largest absolute Gasteiger partial charge is 0.448 e. The van der Waals surface area contributed by atoms with Crippen LogP contribution in [0, 0.1) is 0 Å². The Bertz CT molecular complexity index is 840. The summed E-state index contributed by atoms with van der Waals surface area (Å²) in [6.07, 6.45) is 11.1. The SMILES string of the molecule is CSC1(Oc2ncc(C3(NSC(C)(C)C)CCC3)s2)CN(c2cnc(N)nc2)C1. The van der Waals surface area contributed by atoms with Crippen molar-refractivity contribution in [3.05, 3.63) is 23.5 Å². The number of hydrogen-bond donors (Lipinski definition) is 2. The van der Waals surface area contributed by atoms with E-state index in [2.05, 4.69) is 51.6 Å². The monoisotopic (exact) mass is 452 g/mol. The van der Waals surface area contributed by atoms with E-state index in [9.17, 15) is 0 Å². The molecule has 7 nitrogen and oxygen atoms in total. The number of nitrogens with two attached hydrogens (primary N) is 1. The van der Waals surface area contributed by atoms with Gasteiger partial charge < -0.3 is 15.4 Å². The van der Waals surface area contributed by atoms with Gasteiger partial charge in [0.2, 0.25) is 5.95 Å². The van der Waals surface area contributed by atoms with Crippen molar-refractivity contribution >= 4 is 46.7 Å². The van der Waals surface area contributed by atoms with Crippen molar-refractivity contribution < 1.29 is 4.74 Å². The second-order valence-corrected chi connectivity index (χ2v) is 12.4. The summed E-state index contributed by atoms with van der Waals surface area (Å²) in [7, 11) is 0. The predicted molar refractivity (Wildman–Crippen MR) is 124 cm³/mol. The zero-order valence-electron chi connectivity index (χ0n) is 17.3. The number of anilines is 2. The molecule has 0 bridgehead atoms. The lowest BCUT2D eigenvalue weighted by Crippen LogP contribution is -2.63. The predicted octanol–water partition coefficient (Wildman–Crippen LogP) is 3.89. The third-order valence-electron chi connectivity index (χ3n) is 5.25. The summed E-state index contributed by atoms with van der Waals surface area (Å²) in [5, 5.41) is 0.747. The van der Waals surface area contributed by atoms with Crippen LogP contribution in [0.3, 0.4) is 0 Å². The number of aromatic nitrogens is 3. The highest BCUT2D eigenvalue weighted by Gasteiger charge is 2.47. The maximum atomic E-state index is 6.38. The van der Waals surface area contributed by atoms with Gasteiger partial charge in [0.25, 0.3) is 5.19 Å². The Hall–Kier alpha value is -1.23. The minimum Gasteiger partial charge on any atom is -0.448 e. The van der Waals surface area contributed by atoms with Crippen LogP contribution in [0.5, 0.6) is 5.19 Å². The van der Waals surface area contributed by atoms with Gasteiger partial charge in [-0.2, -0.15) is 0 Å². The normalized spacial score (nSPS) is 20.1. The lowest BCUT2D eigenvalue weighted by Gasteiger charge is -2.48. The van der Waals surface area contributed by atoms with Gasteiger partial charge in [0, 0.05) is 15.8 Å². The maximum Gasteiger partial charge on any atom is 0.274 e. The number of nitrogen functional groups attached to an aromatic ring is 1. The molecular weight excluding hydrogens is 424 g/mol. The van der Waals surface area contributed by atoms with Crippen LogP contribution in [0.1, 0.15) is 44.9 Å². The van der Waals surface area contributed by atoms with Crippen molar-refractivity contribution in [2.75, 3.05) is 30.0 Å². The van der Waals surface area contributed by atoms with Gasteiger partial charge in [-0.15, -0.1) is 11.8 Å². The molecule has 10 heteroatoms. The van der Waals surface area contributed by atoms with Crippen LogP contribution in [-0.2, 0) is 5.54 Å². The van der Waals surface area contributed by atoms with E-state index in [4.69, 9.17) is 10.5 Å². The van der Waals surface area contributed by atoms with Crippen LogP contribution >= 0.6 is 35.0 Å². The zero-order chi connectivity index (χ0) is 20.7. The Morgan fingerprint density at radius 3 is 2.41 bits per heavy atom. The molecule has 0 unspecified atom stereocenters. The van der Waals surface area contributed by atoms with Crippen molar-refractivity contribution in [1.29, 1.82) is 0 Å². The number of ether oxygens (including phenoxy) is 1. The first-order valence-corrected chi connectivity index (χ1v) is 12.6. The molecule has 2 fully saturated rings. The van der Waals surface area contributed by atoms with Crippen molar-refractivity contribution in [3.8, 4) is 5.19 Å². The third kappa shape index (κ3) is 4.45. The van der Waals surface area contributed by atoms with E-state index in [-0.39, 0.29) is 15.2 Å². The van der Waals surface area contributed by atoms with Gasteiger partial charge in [0.15, 0.2) is 4.93 Å². The zero-order valence-corrected chi connectivity index (χ0v) is 19.7. The van der Waals surface area contributed by atoms with Crippen LogP contribution in [0.25, 0.3) is 0 Å². The van der Waals surface area contributed by atoms with Gasteiger partial charge in [-0.1, -0.05) is 23.3 Å². The topological polar surface area (TPSA) is 89.2 Å². The van der Waals surface area contributed by atoms with E-state index < -0.39 is 0 Å². The number of nitrogens with one attached hydrogen (secondary N) is 1. The number of nitrogens with zero attached hydrogens (tertiary/aromatic N) is 4. The minimum absolute atomic E-state index is 0.0384. The van der Waals surface area contributed by atoms with Crippen molar-refractivity contribution in [2.45, 2.75) is 55.3 Å². The summed E-state index contributed by atoms with van der Waals surface area (Å²) in [6.45, 7) is 8.22. The van der Waals surface area contributed by atoms with Crippen molar-refractivity contribution in [2.24, 2.45) is 0 Å². The Morgan fingerprint density at radius 2 is 1.86 bits per heavy atom. The molecule has 4 rings (SSSR count). The molecule has 3 N–H and O–H groups in total. The molecule has 2 aliphatic rings. The highest BCUT2D eigenvalue weighted by Crippen LogP contribution is 2.48. The van der Waals surface area contributed by atoms with Gasteiger partial charge in [0.1, 0.15) is 0 Å². The first kappa shape index (κ1) is 21.0. The molecule has 1 aliphatic carbocycles. The molecule has 0 amide bonds. The van der Waals surface area contributed by atoms with Gasteiger partial charge >= 0.3 is 0 Å². The molecule has 1 saturated heterocycles. The van der Waals surface area contributed by atoms with Crippen LogP contribution < -0.4 is 20.1 Å². The van der Waals surface area contributed by atoms with E-state index in [0.29, 0.717) is 5.95 Å². The fourth-order valence-electron chi connectivity index (χ4n) is 3.31. The molecule has 1 saturated carbocycles. The Kier molecular flexibility index (Phi) is 5.65. The van der Waals surface area contributed by atoms with E-state index in [0.717, 1.165) is 36.8 Å². The van der Waals surface area contributed by atoms with E-state index in [1.807, 2.05) is 18.1 Å². The summed E-state index contributed by atoms with van der Waals surface area (Å²) in [4.78, 5) is 15.9. The molecule has 2 aromatic heterocycles. The molecule has 0 radical (unpaired) electrons. The lowest BCUT2D eigenvalue weighted by atomic mass is 9.77. The Morgan fingerprint density at radius 1 is 1.17 bits per heavy atom. The standard InChI is InChI=1S/C19H28N6OS3/c1-17(2,3)29-24-18(6-5-7-18)14-10-23-16(28-14)26-19(27-4)11-25(12-19)13-8-21-15(20)22-9-13/h8-10,24H,5-7,11-12H2,1-4H3,(H2,20,21,22). The van der Waals surface area contributed by atoms with Gasteiger partial charge in [-0.3, -0.25) is 4.72 Å². The summed E-state index contributed by atoms with van der Waals surface area (Å²) in [5.41, 5.74) is 6.58. The fraction of sp³-hybridized carbons (Fsp3) is 0.632. The Labute approximate surface area is 184 Å². The van der Waals surface area contributed by atoms with Crippen LogP contribution in [0.15, 0.2) is 18.6 Å². The molecule has 158 valence electrons. The lowest BCUT2D eigenvalue weighted by molar-refractivity contribution is 0.132. The van der Waals surface area contributed by atoms with Crippen LogP contribution in [-0.4, -0.2) is 44.0 Å². The van der Waals surface area contributed by atoms with E-state index in [1.165, 1.54) is 11.3 Å². The highest BCUT2D eigenvalue weighted by molar-refractivity contribution is 8.00. The number of thioether (sulfide) groups is 1. The summed E-state index contributed by atoms with van der Waals surface area (Å²) in [5.74, 6) is 0.292. The smallest absolute Gasteiger partial charge is 0.274 e. The molecule has 0 aromatic carbocycles. The second kappa shape index (κ2) is 7.79. The Balaban J connectivity index is 1.41. The molecule has 29 heavy (non-hydrogen) atoms. The quantitative estimate of drug-likeness (QED) is 0.480. The van der Waals surface area contributed by atoms with E-state index >= 15 is 0 Å². The third-order valence-corrected chi connectivity index (χ3v) is 8.52. The molecular formula is C19H28N6OS3. The van der Waals surface area contributed by atoms with Gasteiger partial charge in [-0.05, 0) is 46.3 Å². The molecule has 0 atom stereocenters. The molecule has 1 aliphatic heterocycles. The minimum atomic E-state index is -0.295. The molecule has 0 spiro atoms. The molecule has 2 aromatic rings. The number of rotatable bonds is 7. The van der Waals surface area contributed by atoms with Crippen molar-refractivity contribution in [1.82, 2.24) is 19.7 Å². The first-order chi connectivity index (χ1) is 13.7. The van der Waals surface area contributed by atoms with Crippen molar-refractivity contribution in [3.63, 3.8) is 0 Å². The summed E-state index contributed by atoms with van der Waals surface area (Å²) in [6, 6.07) is 0. The highest BCUT2D eigenvalue weighted by atomic mass is 32.2. The fourth-order valence-corrected chi connectivity index (χ4v) is 6.03. The summed E-state index contributed by atoms with van der Waals surface area (Å²) >= 11 is 5.21. The van der Waals surface area contributed by atoms with Crippen LogP contribution in [0.4, 0.5) is 11.6 Å². The van der Waals surface area contributed by atoms with E-state index in [1.54, 1.807) is 35.5 Å². The van der Waals surface area contributed by atoms with Gasteiger partial charge in [-0.25, -0.2) is 15.0 Å². The molecule has 3 heterocycles. The first-order valence-electron chi connectivity index (χ1n) is 9.71. The van der Waals surface area contributed by atoms with Crippen LogP contribution in [0.2, 0.25) is 0 Å². The average molecular weight is 453 g/mol. The number of hydrogen-bond acceptors (Lipinski definition) is 10. The number of thiazole rings is 1.